The van der Waals surface area contributed by atoms with Crippen LogP contribution in [-0.4, -0.2) is 11.5 Å². The Labute approximate surface area is 112 Å². The Bertz CT molecular complexity index is 519. The smallest absolute Gasteiger partial charge is 0.0937 e. The second kappa shape index (κ2) is 5.21. The number of aromatic nitrogens is 1. The fourth-order valence-corrected chi connectivity index (χ4v) is 3.28. The molecule has 1 aliphatic carbocycles. The highest BCUT2D eigenvalue weighted by atomic mass is 32.1. The summed E-state index contributed by atoms with van der Waals surface area (Å²) in [6, 6.07) is 7.38. The monoisotopic (exact) mass is 258 g/mol. The molecule has 1 N–H and O–H groups in total. The van der Waals surface area contributed by atoms with Gasteiger partial charge in [0.25, 0.3) is 0 Å². The summed E-state index contributed by atoms with van der Waals surface area (Å²) < 4.78 is 0. The van der Waals surface area contributed by atoms with Crippen LogP contribution in [0.1, 0.15) is 34.2 Å². The molecule has 0 aliphatic heterocycles. The molecule has 0 bridgehead atoms. The van der Waals surface area contributed by atoms with E-state index in [9.17, 15) is 0 Å². The predicted molar refractivity (Wildman–Crippen MR) is 76.1 cm³/mol. The molecule has 2 nitrogen and oxygen atoms in total. The van der Waals surface area contributed by atoms with Crippen molar-refractivity contribution in [1.29, 1.82) is 0 Å². The van der Waals surface area contributed by atoms with Crippen LogP contribution in [0.3, 0.4) is 0 Å². The lowest BCUT2D eigenvalue weighted by Gasteiger charge is -2.14. The molecule has 0 fully saturated rings. The molecule has 94 valence electrons. The van der Waals surface area contributed by atoms with Crippen LogP contribution >= 0.6 is 11.3 Å². The summed E-state index contributed by atoms with van der Waals surface area (Å²) in [6.45, 7) is 3.19. The maximum atomic E-state index is 4.32. The molecule has 1 heterocycles. The number of hydrogen-bond donors (Lipinski definition) is 1. The number of hydrogen-bond acceptors (Lipinski definition) is 3. The first-order valence-electron chi connectivity index (χ1n) is 6.54. The molecule has 1 aromatic heterocycles. The van der Waals surface area contributed by atoms with E-state index in [0.29, 0.717) is 6.04 Å². The van der Waals surface area contributed by atoms with Crippen LogP contribution in [0.2, 0.25) is 0 Å². The number of aryl methyl sites for hydroxylation is 2. The molecule has 1 unspecified atom stereocenters. The van der Waals surface area contributed by atoms with Crippen molar-refractivity contribution in [1.82, 2.24) is 10.3 Å². The molecular formula is C15H18N2S. The number of nitrogens with zero attached hydrogens (tertiary/aromatic N) is 1. The largest absolute Gasteiger partial charge is 0.310 e. The van der Waals surface area contributed by atoms with Gasteiger partial charge >= 0.3 is 0 Å². The van der Waals surface area contributed by atoms with Gasteiger partial charge in [0, 0.05) is 30.6 Å². The van der Waals surface area contributed by atoms with Crippen LogP contribution in [0.15, 0.2) is 29.8 Å². The molecule has 1 atom stereocenters. The normalized spacial score (nSPS) is 17.9. The Morgan fingerprint density at radius 1 is 1.44 bits per heavy atom. The minimum absolute atomic E-state index is 0.542. The van der Waals surface area contributed by atoms with Gasteiger partial charge in [0.1, 0.15) is 0 Å². The summed E-state index contributed by atoms with van der Waals surface area (Å²) in [5.41, 5.74) is 4.39. The molecule has 0 amide bonds. The van der Waals surface area contributed by atoms with Gasteiger partial charge in [0.2, 0.25) is 0 Å². The molecule has 0 saturated heterocycles. The molecule has 2 aromatic rings. The fourth-order valence-electron chi connectivity index (χ4n) is 2.66. The number of nitrogens with one attached hydrogen (secondary N) is 1. The Morgan fingerprint density at radius 3 is 3.22 bits per heavy atom. The Morgan fingerprint density at radius 2 is 2.39 bits per heavy atom. The Hall–Kier alpha value is -1.19. The topological polar surface area (TPSA) is 24.9 Å². The van der Waals surface area contributed by atoms with Gasteiger partial charge in [-0.2, -0.15) is 0 Å². The van der Waals surface area contributed by atoms with E-state index in [1.807, 2.05) is 11.6 Å². The maximum Gasteiger partial charge on any atom is 0.0937 e. The minimum atomic E-state index is 0.542. The number of benzene rings is 1. The van der Waals surface area contributed by atoms with Crippen molar-refractivity contribution >= 4 is 11.3 Å². The first-order chi connectivity index (χ1) is 8.83. The summed E-state index contributed by atoms with van der Waals surface area (Å²) in [5, 5.41) is 6.94. The van der Waals surface area contributed by atoms with Crippen molar-refractivity contribution in [2.75, 3.05) is 6.54 Å². The third-order valence-electron chi connectivity index (χ3n) is 3.59. The first kappa shape index (κ1) is 11.9. The van der Waals surface area contributed by atoms with Crippen molar-refractivity contribution in [2.24, 2.45) is 0 Å². The highest BCUT2D eigenvalue weighted by Gasteiger charge is 2.21. The van der Waals surface area contributed by atoms with Crippen LogP contribution in [0, 0.1) is 6.92 Å². The van der Waals surface area contributed by atoms with E-state index >= 15 is 0 Å². The van der Waals surface area contributed by atoms with Crippen LogP contribution in [0.4, 0.5) is 0 Å². The lowest BCUT2D eigenvalue weighted by atomic mass is 10.1. The van der Waals surface area contributed by atoms with E-state index in [1.54, 1.807) is 11.3 Å². The molecular weight excluding hydrogens is 240 g/mol. The zero-order valence-corrected chi connectivity index (χ0v) is 11.5. The quantitative estimate of drug-likeness (QED) is 0.910. The van der Waals surface area contributed by atoms with E-state index in [2.05, 4.69) is 35.4 Å². The number of rotatable bonds is 4. The van der Waals surface area contributed by atoms with E-state index in [1.165, 1.54) is 34.5 Å². The molecule has 3 rings (SSSR count). The van der Waals surface area contributed by atoms with Gasteiger partial charge in [0.05, 0.1) is 5.01 Å². The van der Waals surface area contributed by atoms with Crippen LogP contribution in [-0.2, 0) is 12.8 Å². The second-order valence-corrected chi connectivity index (χ2v) is 5.90. The number of fused-ring (bicyclic) bond motifs is 1. The molecule has 0 spiro atoms. The lowest BCUT2D eigenvalue weighted by molar-refractivity contribution is 0.533. The highest BCUT2D eigenvalue weighted by molar-refractivity contribution is 7.09. The van der Waals surface area contributed by atoms with E-state index < -0.39 is 0 Å². The third-order valence-corrected chi connectivity index (χ3v) is 4.43. The third kappa shape index (κ3) is 2.47. The van der Waals surface area contributed by atoms with Gasteiger partial charge in [-0.15, -0.1) is 11.3 Å². The molecule has 1 aliphatic rings. The van der Waals surface area contributed by atoms with Crippen molar-refractivity contribution in [2.45, 2.75) is 32.2 Å². The van der Waals surface area contributed by atoms with E-state index in [-0.39, 0.29) is 0 Å². The summed E-state index contributed by atoms with van der Waals surface area (Å²) in [6.07, 6.45) is 5.37. The van der Waals surface area contributed by atoms with Crippen molar-refractivity contribution in [3.8, 4) is 0 Å². The van der Waals surface area contributed by atoms with Crippen molar-refractivity contribution < 1.29 is 0 Å². The fraction of sp³-hybridized carbons (Fsp3) is 0.400. The average Bonchev–Trinajstić information content (AvgIpc) is 2.99. The second-order valence-electron chi connectivity index (χ2n) is 4.92. The van der Waals surface area contributed by atoms with E-state index in [4.69, 9.17) is 0 Å². The minimum Gasteiger partial charge on any atom is -0.310 e. The van der Waals surface area contributed by atoms with Crippen LogP contribution in [0.25, 0.3) is 0 Å². The van der Waals surface area contributed by atoms with Gasteiger partial charge < -0.3 is 5.32 Å². The molecule has 1 aromatic carbocycles. The Kier molecular flexibility index (Phi) is 3.43. The first-order valence-corrected chi connectivity index (χ1v) is 7.42. The van der Waals surface area contributed by atoms with Crippen molar-refractivity contribution in [3.63, 3.8) is 0 Å². The van der Waals surface area contributed by atoms with Gasteiger partial charge in [-0.05, 0) is 30.9 Å². The zero-order valence-electron chi connectivity index (χ0n) is 10.6. The lowest BCUT2D eigenvalue weighted by Crippen LogP contribution is -2.21. The predicted octanol–water partition coefficient (Wildman–Crippen LogP) is 3.27. The van der Waals surface area contributed by atoms with Gasteiger partial charge in [-0.1, -0.05) is 23.8 Å². The summed E-state index contributed by atoms with van der Waals surface area (Å²) in [5.74, 6) is 0. The number of thiazole rings is 1. The van der Waals surface area contributed by atoms with Crippen LogP contribution in [0.5, 0.6) is 0 Å². The average molecular weight is 258 g/mol. The zero-order chi connectivity index (χ0) is 12.4. The summed E-state index contributed by atoms with van der Waals surface area (Å²) in [7, 11) is 0. The summed E-state index contributed by atoms with van der Waals surface area (Å²) in [4.78, 5) is 4.32. The highest BCUT2D eigenvalue weighted by Crippen LogP contribution is 2.31. The molecule has 3 heteroatoms. The Balaban J connectivity index is 1.61. The van der Waals surface area contributed by atoms with Crippen molar-refractivity contribution in [3.05, 3.63) is 51.5 Å². The molecule has 0 saturated carbocycles. The molecule has 18 heavy (non-hydrogen) atoms. The van der Waals surface area contributed by atoms with Gasteiger partial charge in [-0.25, -0.2) is 4.98 Å². The standard InChI is InChI=1S/C15H18N2S/c1-11-2-3-12-4-5-14(13(12)10-11)16-7-6-15-17-8-9-18-15/h2-3,8-10,14,16H,4-7H2,1H3. The summed E-state index contributed by atoms with van der Waals surface area (Å²) >= 11 is 1.74. The van der Waals surface area contributed by atoms with E-state index in [0.717, 1.165) is 13.0 Å². The van der Waals surface area contributed by atoms with Gasteiger partial charge in [-0.3, -0.25) is 0 Å². The van der Waals surface area contributed by atoms with Gasteiger partial charge in [0.15, 0.2) is 0 Å². The SMILES string of the molecule is Cc1ccc2c(c1)C(NCCc1nccs1)CC2. The maximum absolute atomic E-state index is 4.32. The van der Waals surface area contributed by atoms with Crippen LogP contribution < -0.4 is 5.32 Å². The molecule has 0 radical (unpaired) electrons.